The summed E-state index contributed by atoms with van der Waals surface area (Å²) in [4.78, 5) is 0. The summed E-state index contributed by atoms with van der Waals surface area (Å²) >= 11 is 7.58. The second kappa shape index (κ2) is 27.7. The average molecular weight is 1590 g/mol. The van der Waals surface area contributed by atoms with Crippen molar-refractivity contribution in [2.45, 2.75) is 0 Å². The summed E-state index contributed by atoms with van der Waals surface area (Å²) < 4.78 is 10.6. The molecule has 0 radical (unpaired) electrons. The molecule has 0 saturated carbocycles. The molecule has 0 aliphatic heterocycles. The Morgan fingerprint density at radius 2 is 0.325 bits per heavy atom. The topological polar surface area (TPSA) is 0 Å². The Balaban J connectivity index is 0.000000133. The minimum atomic E-state index is 1.23. The van der Waals surface area contributed by atoms with Crippen molar-refractivity contribution in [3.05, 3.63) is 413 Å². The molecule has 0 saturated heterocycles. The minimum absolute atomic E-state index is 1.23. The Labute approximate surface area is 707 Å². The lowest BCUT2D eigenvalue weighted by molar-refractivity contribution is 1.66. The van der Waals surface area contributed by atoms with Crippen LogP contribution < -0.4 is 0 Å². The standard InChI is InChI=1S/2C58H34S2/c1-2-16-35(17-3-1)54-40-20-4-6-22-42(40)55(43-23-7-5-21-41(43)54)56-44-26-12-24-36(46-28-14-30-48-38-18-8-10-32-52(38)59-57(46)48)50(44)34-51-37(25-13-27-45(51)56)47-29-15-31-49-39-19-9-11-33-53(39)60-58(47)49;1-2-16-35(17-3-1)54-40-18-4-6-20-42(40)57(43-21-7-5-19-41(43)54)58-44-26-12-24-36(38-28-14-32-52-55(38)46-22-8-10-30-50(46)59-52)48(44)34-49-37(25-13-27-45(49)58)39-29-15-33-53-56(39)47-23-9-11-31-51(47)60-53/h2*1-34H. The van der Waals surface area contributed by atoms with Crippen LogP contribution in [0.25, 0.3) is 256 Å². The molecule has 0 nitrogen and oxygen atoms in total. The predicted molar refractivity (Wildman–Crippen MR) is 528 cm³/mol. The highest BCUT2D eigenvalue weighted by atomic mass is 32.1. The third-order valence-corrected chi connectivity index (χ3v) is 30.1. The van der Waals surface area contributed by atoms with Crippen LogP contribution in [-0.4, -0.2) is 0 Å². The van der Waals surface area contributed by atoms with Gasteiger partial charge in [-0.2, -0.15) is 0 Å². The van der Waals surface area contributed by atoms with Gasteiger partial charge in [0.25, 0.3) is 0 Å². The van der Waals surface area contributed by atoms with E-state index in [4.69, 9.17) is 0 Å². The fourth-order valence-electron chi connectivity index (χ4n) is 20.4. The first-order valence-electron chi connectivity index (χ1n) is 41.2. The summed E-state index contributed by atoms with van der Waals surface area (Å²) in [6.45, 7) is 0. The van der Waals surface area contributed by atoms with Gasteiger partial charge in [-0.1, -0.05) is 364 Å². The molecule has 0 atom stereocenters. The number of thiophene rings is 4. The maximum absolute atomic E-state index is 2.52. The Morgan fingerprint density at radius 1 is 0.117 bits per heavy atom. The highest BCUT2D eigenvalue weighted by Crippen LogP contribution is 2.56. The van der Waals surface area contributed by atoms with Crippen LogP contribution in [0.1, 0.15) is 0 Å². The molecule has 0 N–H and O–H groups in total. The second-order valence-electron chi connectivity index (χ2n) is 31.6. The first-order chi connectivity index (χ1) is 59.6. The van der Waals surface area contributed by atoms with Crippen molar-refractivity contribution in [1.29, 1.82) is 0 Å². The lowest BCUT2D eigenvalue weighted by atomic mass is 9.81. The second-order valence-corrected chi connectivity index (χ2v) is 35.9. The molecule has 4 heteroatoms. The van der Waals surface area contributed by atoms with Gasteiger partial charge in [0.15, 0.2) is 0 Å². The van der Waals surface area contributed by atoms with Gasteiger partial charge in [0, 0.05) is 91.8 Å². The summed E-state index contributed by atoms with van der Waals surface area (Å²) in [7, 11) is 0. The minimum Gasteiger partial charge on any atom is -0.135 e. The highest BCUT2D eigenvalue weighted by Gasteiger charge is 2.28. The van der Waals surface area contributed by atoms with Gasteiger partial charge < -0.3 is 0 Å². The lowest BCUT2D eigenvalue weighted by Crippen LogP contribution is -1.94. The molecular formula is C116H68S4. The van der Waals surface area contributed by atoms with E-state index < -0.39 is 0 Å². The SMILES string of the molecule is c1ccc(-c2c3ccccc3c(-c3c4cccc(-c5cccc6c5sc5ccccc56)c4cc4c(-c5cccc6c5sc5ccccc56)cccc34)c3ccccc23)cc1.c1ccc(-c2c3ccccc3c(-c3c4cccc(-c5cccc6sc7ccccc7c56)c4cc4c(-c5cccc6sc7ccccc7c56)cccc34)c3ccccc23)cc1. The Bertz CT molecular complexity index is 8340. The predicted octanol–water partition coefficient (Wildman–Crippen LogP) is 35.4. The zero-order valence-corrected chi connectivity index (χ0v) is 68.2. The number of rotatable bonds is 8. The van der Waals surface area contributed by atoms with Gasteiger partial charge in [-0.05, 0) is 213 Å². The zero-order chi connectivity index (χ0) is 78.6. The quantitative estimate of drug-likeness (QED) is 0.133. The number of fused-ring (bicyclic) bond motifs is 20. The van der Waals surface area contributed by atoms with Gasteiger partial charge in [0.2, 0.25) is 0 Å². The van der Waals surface area contributed by atoms with Crippen molar-refractivity contribution in [3.8, 4) is 89.0 Å². The molecule has 4 aromatic heterocycles. The summed E-state index contributed by atoms with van der Waals surface area (Å²) in [6.07, 6.45) is 0. The summed E-state index contributed by atoms with van der Waals surface area (Å²) in [5, 5.41) is 30.8. The Kier molecular flexibility index (Phi) is 15.9. The van der Waals surface area contributed by atoms with Crippen LogP contribution in [0.3, 0.4) is 0 Å². The van der Waals surface area contributed by atoms with E-state index in [0.29, 0.717) is 0 Å². The van der Waals surface area contributed by atoms with E-state index >= 15 is 0 Å². The molecule has 120 heavy (non-hydrogen) atoms. The van der Waals surface area contributed by atoms with E-state index in [9.17, 15) is 0 Å². The molecule has 0 unspecified atom stereocenters. The van der Waals surface area contributed by atoms with Gasteiger partial charge in [0.1, 0.15) is 0 Å². The van der Waals surface area contributed by atoms with E-state index in [-0.39, 0.29) is 0 Å². The van der Waals surface area contributed by atoms with Crippen LogP contribution in [0.5, 0.6) is 0 Å². The van der Waals surface area contributed by atoms with E-state index in [1.54, 1.807) is 0 Å². The summed E-state index contributed by atoms with van der Waals surface area (Å²) in [6, 6.07) is 154. The number of benzene rings is 22. The van der Waals surface area contributed by atoms with Crippen LogP contribution in [0, 0.1) is 0 Å². The fraction of sp³-hybridized carbons (Fsp3) is 0. The van der Waals surface area contributed by atoms with Gasteiger partial charge in [-0.25, -0.2) is 0 Å². The first kappa shape index (κ1) is 69.0. The van der Waals surface area contributed by atoms with Crippen LogP contribution in [0.4, 0.5) is 0 Å². The normalized spacial score (nSPS) is 12.0. The van der Waals surface area contributed by atoms with Crippen molar-refractivity contribution in [3.63, 3.8) is 0 Å². The number of hydrogen-bond donors (Lipinski definition) is 0. The molecule has 0 spiro atoms. The molecule has 0 fully saturated rings. The van der Waals surface area contributed by atoms with Crippen LogP contribution in [0.15, 0.2) is 413 Å². The summed E-state index contributed by atoms with van der Waals surface area (Å²) in [5.41, 5.74) is 20.3. The molecule has 22 aromatic carbocycles. The van der Waals surface area contributed by atoms with Crippen molar-refractivity contribution < 1.29 is 0 Å². The smallest absolute Gasteiger partial charge is 0.0434 e. The lowest BCUT2D eigenvalue weighted by Gasteiger charge is -2.22. The van der Waals surface area contributed by atoms with Crippen LogP contribution in [0.2, 0.25) is 0 Å². The Hall–Kier alpha value is -14.2. The van der Waals surface area contributed by atoms with Crippen LogP contribution in [-0.2, 0) is 0 Å². The molecule has 0 aliphatic rings. The zero-order valence-electron chi connectivity index (χ0n) is 64.9. The molecule has 0 aliphatic carbocycles. The molecule has 26 rings (SSSR count). The average Bonchev–Trinajstić information content (AvgIpc) is 1.26. The maximum atomic E-state index is 2.52. The third kappa shape index (κ3) is 10.6. The van der Waals surface area contributed by atoms with Crippen LogP contribution >= 0.6 is 45.3 Å². The molecule has 0 amide bonds. The van der Waals surface area contributed by atoms with Gasteiger partial charge in [0.05, 0.1) is 0 Å². The molecule has 4 heterocycles. The van der Waals surface area contributed by atoms with E-state index in [1.165, 1.54) is 256 Å². The molecule has 556 valence electrons. The van der Waals surface area contributed by atoms with E-state index in [2.05, 4.69) is 413 Å². The van der Waals surface area contributed by atoms with Crippen molar-refractivity contribution in [1.82, 2.24) is 0 Å². The maximum Gasteiger partial charge on any atom is 0.0434 e. The molecule has 26 aromatic rings. The van der Waals surface area contributed by atoms with Gasteiger partial charge in [-0.3, -0.25) is 0 Å². The third-order valence-electron chi connectivity index (χ3n) is 25.3. The highest BCUT2D eigenvalue weighted by molar-refractivity contribution is 7.27. The Morgan fingerprint density at radius 3 is 0.650 bits per heavy atom. The van der Waals surface area contributed by atoms with E-state index in [1.807, 2.05) is 45.3 Å². The van der Waals surface area contributed by atoms with E-state index in [0.717, 1.165) is 0 Å². The summed E-state index contributed by atoms with van der Waals surface area (Å²) in [5.74, 6) is 0. The largest absolute Gasteiger partial charge is 0.135 e. The van der Waals surface area contributed by atoms with Gasteiger partial charge in [-0.15, -0.1) is 45.3 Å². The molecular weight excluding hydrogens is 1520 g/mol. The fourth-order valence-corrected chi connectivity index (χ4v) is 25.1. The van der Waals surface area contributed by atoms with Crippen molar-refractivity contribution in [2.24, 2.45) is 0 Å². The first-order valence-corrected chi connectivity index (χ1v) is 44.4. The van der Waals surface area contributed by atoms with Crippen molar-refractivity contribution >= 4 is 212 Å². The van der Waals surface area contributed by atoms with Crippen molar-refractivity contribution in [2.75, 3.05) is 0 Å². The monoisotopic (exact) mass is 1590 g/mol. The molecule has 0 bridgehead atoms. The number of hydrogen-bond acceptors (Lipinski definition) is 4. The van der Waals surface area contributed by atoms with Gasteiger partial charge >= 0.3 is 0 Å².